The summed E-state index contributed by atoms with van der Waals surface area (Å²) in [6.45, 7) is 0. The molecular formula is C26H20ClN3O5S. The van der Waals surface area contributed by atoms with E-state index in [0.717, 1.165) is 0 Å². The number of ketones is 1. The van der Waals surface area contributed by atoms with E-state index in [1.165, 1.54) is 37.6 Å². The first kappa shape index (κ1) is 24.9. The Hall–Kier alpha value is -4.21. The Bertz CT molecular complexity index is 1530. The molecule has 4 rings (SSSR count). The van der Waals surface area contributed by atoms with Crippen molar-refractivity contribution >= 4 is 44.7 Å². The number of rotatable bonds is 8. The van der Waals surface area contributed by atoms with Crippen molar-refractivity contribution in [3.63, 3.8) is 0 Å². The molecule has 0 bridgehead atoms. The smallest absolute Gasteiger partial charge is 0.267 e. The minimum absolute atomic E-state index is 0.0965. The summed E-state index contributed by atoms with van der Waals surface area (Å²) >= 11 is 5.86. The van der Waals surface area contributed by atoms with E-state index in [2.05, 4.69) is 15.0 Å². The number of ether oxygens (including phenoxy) is 1. The van der Waals surface area contributed by atoms with E-state index in [1.54, 1.807) is 60.7 Å². The van der Waals surface area contributed by atoms with Crippen molar-refractivity contribution in [3.8, 4) is 5.88 Å². The van der Waals surface area contributed by atoms with E-state index < -0.39 is 15.9 Å². The van der Waals surface area contributed by atoms with Gasteiger partial charge in [-0.1, -0.05) is 60.1 Å². The monoisotopic (exact) mass is 521 g/mol. The second kappa shape index (κ2) is 10.6. The number of methoxy groups -OCH3 is 1. The number of amides is 1. The zero-order valence-corrected chi connectivity index (χ0v) is 20.5. The molecule has 4 aromatic rings. The van der Waals surface area contributed by atoms with Crippen molar-refractivity contribution in [2.75, 3.05) is 17.1 Å². The first-order valence-corrected chi connectivity index (χ1v) is 12.5. The molecule has 10 heteroatoms. The van der Waals surface area contributed by atoms with Crippen LogP contribution in [0, 0.1) is 0 Å². The third-order valence-corrected chi connectivity index (χ3v) is 6.74. The molecule has 0 radical (unpaired) electrons. The first-order chi connectivity index (χ1) is 17.3. The largest absolute Gasteiger partial charge is 0.480 e. The van der Waals surface area contributed by atoms with Crippen LogP contribution in [0.3, 0.4) is 0 Å². The summed E-state index contributed by atoms with van der Waals surface area (Å²) in [6, 6.07) is 22.3. The molecule has 8 nitrogen and oxygen atoms in total. The Morgan fingerprint density at radius 1 is 0.861 bits per heavy atom. The predicted octanol–water partition coefficient (Wildman–Crippen LogP) is 5.03. The number of pyridine rings is 1. The standard InChI is InChI=1S/C26H20ClN3O5S/c1-35-26-23(36(33,34)30-19-13-11-18(27)12-14-19)15-20(16-28-26)29-25(32)22-10-6-5-9-21(22)24(31)17-7-3-2-4-8-17/h2-16,30H,1H3,(H,29,32). The summed E-state index contributed by atoms with van der Waals surface area (Å²) in [5, 5.41) is 3.07. The van der Waals surface area contributed by atoms with Gasteiger partial charge in [0.1, 0.15) is 0 Å². The fourth-order valence-corrected chi connectivity index (χ4v) is 4.73. The lowest BCUT2D eigenvalue weighted by molar-refractivity contribution is 0.0996. The topological polar surface area (TPSA) is 114 Å². The zero-order valence-electron chi connectivity index (χ0n) is 18.9. The molecule has 0 saturated heterocycles. The van der Waals surface area contributed by atoms with Gasteiger partial charge in [0, 0.05) is 21.8 Å². The van der Waals surface area contributed by atoms with Gasteiger partial charge in [-0.15, -0.1) is 0 Å². The lowest BCUT2D eigenvalue weighted by Crippen LogP contribution is -2.18. The molecule has 0 saturated carbocycles. The summed E-state index contributed by atoms with van der Waals surface area (Å²) in [4.78, 5) is 29.8. The van der Waals surface area contributed by atoms with Gasteiger partial charge in [-0.3, -0.25) is 14.3 Å². The maximum absolute atomic E-state index is 13.1. The van der Waals surface area contributed by atoms with Crippen LogP contribution in [-0.2, 0) is 10.0 Å². The number of anilines is 2. The fraction of sp³-hybridized carbons (Fsp3) is 0.0385. The molecule has 1 aromatic heterocycles. The number of nitrogens with zero attached hydrogens (tertiary/aromatic N) is 1. The van der Waals surface area contributed by atoms with Crippen LogP contribution in [0.5, 0.6) is 5.88 Å². The third-order valence-electron chi connectivity index (χ3n) is 5.11. The van der Waals surface area contributed by atoms with Crippen molar-refractivity contribution in [1.82, 2.24) is 4.98 Å². The van der Waals surface area contributed by atoms with Gasteiger partial charge in [-0.2, -0.15) is 0 Å². The van der Waals surface area contributed by atoms with E-state index in [-0.39, 0.29) is 39.1 Å². The molecule has 1 heterocycles. The molecule has 1 amide bonds. The van der Waals surface area contributed by atoms with Gasteiger partial charge in [-0.05, 0) is 36.4 Å². The highest BCUT2D eigenvalue weighted by molar-refractivity contribution is 7.92. The van der Waals surface area contributed by atoms with E-state index in [1.807, 2.05) is 0 Å². The summed E-state index contributed by atoms with van der Waals surface area (Å²) in [7, 11) is -2.85. The fourth-order valence-electron chi connectivity index (χ4n) is 3.40. The van der Waals surface area contributed by atoms with Crippen LogP contribution in [0.25, 0.3) is 0 Å². The molecule has 0 aliphatic rings. The van der Waals surface area contributed by atoms with Gasteiger partial charge in [0.05, 0.1) is 24.6 Å². The number of carbonyl (C=O) groups excluding carboxylic acids is 2. The van der Waals surface area contributed by atoms with E-state index in [9.17, 15) is 18.0 Å². The van der Waals surface area contributed by atoms with Crippen molar-refractivity contribution in [3.05, 3.63) is 113 Å². The molecule has 0 aliphatic carbocycles. The lowest BCUT2D eigenvalue weighted by atomic mass is 9.98. The van der Waals surface area contributed by atoms with Crippen LogP contribution in [-0.4, -0.2) is 32.2 Å². The van der Waals surface area contributed by atoms with Crippen molar-refractivity contribution in [2.24, 2.45) is 0 Å². The SMILES string of the molecule is COc1ncc(NC(=O)c2ccccc2C(=O)c2ccccc2)cc1S(=O)(=O)Nc1ccc(Cl)cc1. The predicted molar refractivity (Wildman–Crippen MR) is 137 cm³/mol. The number of carbonyl (C=O) groups is 2. The van der Waals surface area contributed by atoms with Gasteiger partial charge in [0.2, 0.25) is 5.88 Å². The van der Waals surface area contributed by atoms with Gasteiger partial charge in [0.25, 0.3) is 15.9 Å². The van der Waals surface area contributed by atoms with Gasteiger partial charge >= 0.3 is 0 Å². The summed E-state index contributed by atoms with van der Waals surface area (Å²) in [5.74, 6) is -1.07. The van der Waals surface area contributed by atoms with Crippen molar-refractivity contribution in [2.45, 2.75) is 4.90 Å². The van der Waals surface area contributed by atoms with E-state index in [0.29, 0.717) is 10.6 Å². The number of halogens is 1. The molecule has 0 spiro atoms. The number of hydrogen-bond donors (Lipinski definition) is 2. The Kier molecular flexibility index (Phi) is 7.33. The third kappa shape index (κ3) is 5.54. The van der Waals surface area contributed by atoms with Crippen molar-refractivity contribution in [1.29, 1.82) is 0 Å². The molecule has 0 fully saturated rings. The second-order valence-corrected chi connectivity index (χ2v) is 9.63. The van der Waals surface area contributed by atoms with E-state index >= 15 is 0 Å². The number of hydrogen-bond acceptors (Lipinski definition) is 6. The van der Waals surface area contributed by atoms with Crippen LogP contribution in [0.1, 0.15) is 26.3 Å². The highest BCUT2D eigenvalue weighted by Gasteiger charge is 2.23. The van der Waals surface area contributed by atoms with Gasteiger partial charge < -0.3 is 10.1 Å². The number of sulfonamides is 1. The van der Waals surface area contributed by atoms with Crippen LogP contribution in [0.15, 0.2) is 96.0 Å². The zero-order chi connectivity index (χ0) is 25.7. The Morgan fingerprint density at radius 3 is 2.17 bits per heavy atom. The minimum Gasteiger partial charge on any atom is -0.480 e. The molecule has 0 unspecified atom stereocenters. The highest BCUT2D eigenvalue weighted by atomic mass is 35.5. The molecule has 3 aromatic carbocycles. The number of benzene rings is 3. The summed E-state index contributed by atoms with van der Waals surface area (Å²) in [5.41, 5.74) is 1.15. The van der Waals surface area contributed by atoms with Gasteiger partial charge in [0.15, 0.2) is 10.7 Å². The van der Waals surface area contributed by atoms with Crippen LogP contribution >= 0.6 is 11.6 Å². The van der Waals surface area contributed by atoms with Crippen LogP contribution in [0.2, 0.25) is 5.02 Å². The van der Waals surface area contributed by atoms with Crippen molar-refractivity contribution < 1.29 is 22.7 Å². The Morgan fingerprint density at radius 2 is 1.50 bits per heavy atom. The first-order valence-electron chi connectivity index (χ1n) is 10.6. The number of aromatic nitrogens is 1. The lowest BCUT2D eigenvalue weighted by Gasteiger charge is -2.14. The summed E-state index contributed by atoms with van der Waals surface area (Å²) < 4.78 is 33.7. The molecular weight excluding hydrogens is 502 g/mol. The maximum atomic E-state index is 13.1. The molecule has 0 atom stereocenters. The Balaban J connectivity index is 1.63. The Labute approximate surface area is 213 Å². The maximum Gasteiger partial charge on any atom is 0.267 e. The normalized spacial score (nSPS) is 10.9. The van der Waals surface area contributed by atoms with Crippen LogP contribution in [0.4, 0.5) is 11.4 Å². The van der Waals surface area contributed by atoms with E-state index in [4.69, 9.17) is 16.3 Å². The molecule has 36 heavy (non-hydrogen) atoms. The average molecular weight is 522 g/mol. The molecule has 2 N–H and O–H groups in total. The summed E-state index contributed by atoms with van der Waals surface area (Å²) in [6.07, 6.45) is 1.26. The minimum atomic E-state index is -4.14. The average Bonchev–Trinajstić information content (AvgIpc) is 2.90. The number of nitrogens with one attached hydrogen (secondary N) is 2. The molecule has 0 aliphatic heterocycles. The quantitative estimate of drug-likeness (QED) is 0.314. The van der Waals surface area contributed by atoms with Crippen LogP contribution < -0.4 is 14.8 Å². The molecule has 182 valence electrons. The van der Waals surface area contributed by atoms with Gasteiger partial charge in [-0.25, -0.2) is 13.4 Å². The highest BCUT2D eigenvalue weighted by Crippen LogP contribution is 2.27. The second-order valence-electron chi connectivity index (χ2n) is 7.54.